The van der Waals surface area contributed by atoms with Crippen LogP contribution in [0.5, 0.6) is 5.75 Å². The van der Waals surface area contributed by atoms with Gasteiger partial charge in [-0.15, -0.1) is 16.8 Å². The number of phenols is 1. The van der Waals surface area contributed by atoms with E-state index in [-0.39, 0.29) is 17.4 Å². The molecule has 0 aliphatic carbocycles. The SMILES string of the molecule is C=CCc1cccc(/C=N\NC(=O)CSc2nnc(-c3ccc(C)cc3)n2CC)c1O. The van der Waals surface area contributed by atoms with E-state index in [1.165, 1.54) is 23.5 Å². The molecule has 0 unspecified atom stereocenters. The number of nitrogens with one attached hydrogen (secondary N) is 1. The molecule has 3 aromatic rings. The number of carbonyl (C=O) groups excluding carboxylic acids is 1. The van der Waals surface area contributed by atoms with E-state index in [1.807, 2.05) is 54.8 Å². The number of benzene rings is 2. The van der Waals surface area contributed by atoms with Gasteiger partial charge >= 0.3 is 0 Å². The van der Waals surface area contributed by atoms with Gasteiger partial charge in [-0.3, -0.25) is 4.79 Å². The molecule has 0 aliphatic heterocycles. The number of aromatic nitrogens is 3. The van der Waals surface area contributed by atoms with E-state index in [9.17, 15) is 9.90 Å². The number of thioether (sulfide) groups is 1. The first kappa shape index (κ1) is 22.3. The number of amides is 1. The third kappa shape index (κ3) is 5.61. The lowest BCUT2D eigenvalue weighted by molar-refractivity contribution is -0.118. The summed E-state index contributed by atoms with van der Waals surface area (Å²) < 4.78 is 1.98. The van der Waals surface area contributed by atoms with Crippen LogP contribution in [0.3, 0.4) is 0 Å². The van der Waals surface area contributed by atoms with Gasteiger partial charge in [-0.25, -0.2) is 5.43 Å². The summed E-state index contributed by atoms with van der Waals surface area (Å²) in [5, 5.41) is 23.4. The van der Waals surface area contributed by atoms with E-state index in [2.05, 4.69) is 27.3 Å². The van der Waals surface area contributed by atoms with Gasteiger partial charge in [0.05, 0.1) is 12.0 Å². The molecule has 0 radical (unpaired) electrons. The molecule has 8 heteroatoms. The van der Waals surface area contributed by atoms with Gasteiger partial charge in [0.15, 0.2) is 11.0 Å². The Bertz CT molecular complexity index is 1090. The number of aryl methyl sites for hydroxylation is 1. The second-order valence-corrected chi connectivity index (χ2v) is 7.79. The van der Waals surface area contributed by atoms with E-state index < -0.39 is 0 Å². The average Bonchev–Trinajstić information content (AvgIpc) is 3.18. The monoisotopic (exact) mass is 435 g/mol. The lowest BCUT2D eigenvalue weighted by atomic mass is 10.1. The second kappa shape index (κ2) is 10.6. The second-order valence-electron chi connectivity index (χ2n) is 6.85. The highest BCUT2D eigenvalue weighted by Gasteiger charge is 2.14. The lowest BCUT2D eigenvalue weighted by Gasteiger charge is -2.07. The van der Waals surface area contributed by atoms with Crippen LogP contribution in [0.1, 0.15) is 23.6 Å². The molecule has 31 heavy (non-hydrogen) atoms. The number of carbonyl (C=O) groups is 1. The third-order valence-electron chi connectivity index (χ3n) is 4.58. The average molecular weight is 436 g/mol. The Morgan fingerprint density at radius 1 is 1.26 bits per heavy atom. The number of phenolic OH excluding ortho intramolecular Hbond substituents is 1. The van der Waals surface area contributed by atoms with Crippen molar-refractivity contribution < 1.29 is 9.90 Å². The van der Waals surface area contributed by atoms with E-state index in [0.29, 0.717) is 23.7 Å². The highest BCUT2D eigenvalue weighted by atomic mass is 32.2. The van der Waals surface area contributed by atoms with Crippen LogP contribution in [0.4, 0.5) is 0 Å². The van der Waals surface area contributed by atoms with E-state index in [1.54, 1.807) is 12.1 Å². The number of nitrogens with zero attached hydrogens (tertiary/aromatic N) is 4. The summed E-state index contributed by atoms with van der Waals surface area (Å²) in [5.74, 6) is 0.782. The zero-order valence-corrected chi connectivity index (χ0v) is 18.4. The molecule has 0 fully saturated rings. The van der Waals surface area contributed by atoms with Crippen LogP contribution >= 0.6 is 11.8 Å². The third-order valence-corrected chi connectivity index (χ3v) is 5.55. The van der Waals surface area contributed by atoms with E-state index in [4.69, 9.17) is 0 Å². The summed E-state index contributed by atoms with van der Waals surface area (Å²) >= 11 is 1.30. The summed E-state index contributed by atoms with van der Waals surface area (Å²) in [6.45, 7) is 8.42. The number of aromatic hydroxyl groups is 1. The maximum Gasteiger partial charge on any atom is 0.250 e. The zero-order valence-electron chi connectivity index (χ0n) is 17.6. The number of hydrogen-bond donors (Lipinski definition) is 2. The first-order valence-corrected chi connectivity index (χ1v) is 10.9. The van der Waals surface area contributed by atoms with Crippen LogP contribution in [0.25, 0.3) is 11.4 Å². The first-order valence-electron chi connectivity index (χ1n) is 9.90. The predicted octanol–water partition coefficient (Wildman–Crippen LogP) is 3.95. The van der Waals surface area contributed by atoms with E-state index in [0.717, 1.165) is 17.0 Å². The Morgan fingerprint density at radius 3 is 2.74 bits per heavy atom. The van der Waals surface area contributed by atoms with Crippen molar-refractivity contribution in [2.45, 2.75) is 32.0 Å². The molecule has 1 heterocycles. The van der Waals surface area contributed by atoms with Crippen LogP contribution in [0.15, 0.2) is 65.4 Å². The van der Waals surface area contributed by atoms with Gasteiger partial charge in [-0.2, -0.15) is 5.10 Å². The molecule has 3 rings (SSSR count). The van der Waals surface area contributed by atoms with Crippen molar-refractivity contribution in [3.63, 3.8) is 0 Å². The normalized spacial score (nSPS) is 11.0. The fraction of sp³-hybridized carbons (Fsp3) is 0.217. The molecule has 2 aromatic carbocycles. The van der Waals surface area contributed by atoms with Crippen molar-refractivity contribution in [2.24, 2.45) is 5.10 Å². The maximum atomic E-state index is 12.2. The highest BCUT2D eigenvalue weighted by molar-refractivity contribution is 7.99. The summed E-state index contributed by atoms with van der Waals surface area (Å²) in [6.07, 6.45) is 3.70. The minimum atomic E-state index is -0.273. The summed E-state index contributed by atoms with van der Waals surface area (Å²) in [6, 6.07) is 13.5. The molecule has 0 aliphatic rings. The Balaban J connectivity index is 1.60. The topological polar surface area (TPSA) is 92.4 Å². The number of allylic oxidation sites excluding steroid dienone is 1. The van der Waals surface area contributed by atoms with Crippen molar-refractivity contribution in [3.8, 4) is 17.1 Å². The molecule has 2 N–H and O–H groups in total. The molecule has 1 amide bonds. The van der Waals surface area contributed by atoms with Crippen molar-refractivity contribution in [1.82, 2.24) is 20.2 Å². The van der Waals surface area contributed by atoms with Crippen molar-refractivity contribution >= 4 is 23.9 Å². The Kier molecular flexibility index (Phi) is 7.61. The van der Waals surface area contributed by atoms with Gasteiger partial charge in [0, 0.05) is 17.7 Å². The fourth-order valence-electron chi connectivity index (χ4n) is 2.97. The highest BCUT2D eigenvalue weighted by Crippen LogP contribution is 2.24. The largest absolute Gasteiger partial charge is 0.507 e. The van der Waals surface area contributed by atoms with E-state index >= 15 is 0 Å². The summed E-state index contributed by atoms with van der Waals surface area (Å²) in [7, 11) is 0. The van der Waals surface area contributed by atoms with Crippen molar-refractivity contribution in [2.75, 3.05) is 5.75 Å². The molecule has 0 bridgehead atoms. The zero-order chi connectivity index (χ0) is 22.2. The molecule has 0 saturated carbocycles. The van der Waals surface area contributed by atoms with Crippen molar-refractivity contribution in [1.29, 1.82) is 0 Å². The minimum Gasteiger partial charge on any atom is -0.507 e. The van der Waals surface area contributed by atoms with Crippen LogP contribution < -0.4 is 5.43 Å². The molecule has 160 valence electrons. The minimum absolute atomic E-state index is 0.134. The molecule has 1 aromatic heterocycles. The number of para-hydroxylation sites is 1. The molecule has 0 atom stereocenters. The van der Waals surface area contributed by atoms with Crippen LogP contribution in [-0.2, 0) is 17.8 Å². The molecule has 0 spiro atoms. The van der Waals surface area contributed by atoms with Gasteiger partial charge in [0.25, 0.3) is 5.91 Å². The van der Waals surface area contributed by atoms with Gasteiger partial charge in [-0.1, -0.05) is 59.8 Å². The van der Waals surface area contributed by atoms with Crippen LogP contribution in [-0.4, -0.2) is 37.7 Å². The molecular formula is C23H25N5O2S. The van der Waals surface area contributed by atoms with Gasteiger partial charge in [-0.05, 0) is 31.9 Å². The quantitative estimate of drug-likeness (QED) is 0.230. The Labute approximate surface area is 185 Å². The van der Waals surface area contributed by atoms with Gasteiger partial charge in [0.2, 0.25) is 0 Å². The van der Waals surface area contributed by atoms with Gasteiger partial charge in [0.1, 0.15) is 5.75 Å². The maximum absolute atomic E-state index is 12.2. The number of hydrazone groups is 1. The summed E-state index contributed by atoms with van der Waals surface area (Å²) in [4.78, 5) is 12.2. The Hall–Kier alpha value is -3.39. The molecule has 0 saturated heterocycles. The van der Waals surface area contributed by atoms with Gasteiger partial charge < -0.3 is 9.67 Å². The lowest BCUT2D eigenvalue weighted by Crippen LogP contribution is -2.20. The first-order chi connectivity index (χ1) is 15.0. The molecular weight excluding hydrogens is 410 g/mol. The number of hydrogen-bond acceptors (Lipinski definition) is 6. The van der Waals surface area contributed by atoms with Crippen LogP contribution in [0, 0.1) is 6.92 Å². The predicted molar refractivity (Wildman–Crippen MR) is 124 cm³/mol. The number of rotatable bonds is 9. The smallest absolute Gasteiger partial charge is 0.250 e. The van der Waals surface area contributed by atoms with Crippen molar-refractivity contribution in [3.05, 3.63) is 71.8 Å². The van der Waals surface area contributed by atoms with Crippen LogP contribution in [0.2, 0.25) is 0 Å². The Morgan fingerprint density at radius 2 is 2.03 bits per heavy atom. The standard InChI is InChI=1S/C23H25N5O2S/c1-4-7-17-8-6-9-19(21(17)30)14-24-25-20(29)15-31-23-27-26-22(28(23)5-2)18-12-10-16(3)11-13-18/h4,6,8-14,30H,1,5,7,15H2,2-3H3,(H,25,29)/b24-14-. The fourth-order valence-corrected chi connectivity index (χ4v) is 3.76. The summed E-state index contributed by atoms with van der Waals surface area (Å²) in [5.41, 5.74) is 5.93. The molecule has 7 nitrogen and oxygen atoms in total.